The molecule has 0 unspecified atom stereocenters. The Morgan fingerprint density at radius 1 is 1.12 bits per heavy atom. The number of hydrogen-bond donors (Lipinski definition) is 1. The summed E-state index contributed by atoms with van der Waals surface area (Å²) >= 11 is 0. The van der Waals surface area contributed by atoms with Crippen LogP contribution in [-0.2, 0) is 6.54 Å². The van der Waals surface area contributed by atoms with E-state index in [2.05, 4.69) is 15.3 Å². The van der Waals surface area contributed by atoms with E-state index in [1.165, 1.54) is 0 Å². The highest BCUT2D eigenvalue weighted by Crippen LogP contribution is 2.18. The maximum atomic E-state index is 12.8. The highest BCUT2D eigenvalue weighted by Gasteiger charge is 2.17. The summed E-state index contributed by atoms with van der Waals surface area (Å²) in [6, 6.07) is 15.5. The predicted octanol–water partition coefficient (Wildman–Crippen LogP) is 4.06. The normalized spacial score (nSPS) is 10.4. The third-order valence-corrected chi connectivity index (χ3v) is 4.08. The van der Waals surface area contributed by atoms with Gasteiger partial charge in [-0.2, -0.15) is 0 Å². The maximum Gasteiger partial charge on any atom is 0.276 e. The van der Waals surface area contributed by atoms with E-state index in [0.29, 0.717) is 18.8 Å². The van der Waals surface area contributed by atoms with Crippen LogP contribution in [0.25, 0.3) is 0 Å². The Kier molecular flexibility index (Phi) is 5.59. The zero-order chi connectivity index (χ0) is 18.4. The van der Waals surface area contributed by atoms with Crippen molar-refractivity contribution in [3.05, 3.63) is 83.9 Å². The molecule has 26 heavy (non-hydrogen) atoms. The minimum Gasteiger partial charge on any atom is -0.380 e. The van der Waals surface area contributed by atoms with Crippen LogP contribution >= 0.6 is 0 Å². The summed E-state index contributed by atoms with van der Waals surface area (Å²) in [7, 11) is 0. The number of pyridine rings is 2. The van der Waals surface area contributed by atoms with Gasteiger partial charge < -0.3 is 10.2 Å². The molecule has 132 valence electrons. The minimum absolute atomic E-state index is 0.100. The zero-order valence-electron chi connectivity index (χ0n) is 15.0. The van der Waals surface area contributed by atoms with E-state index >= 15 is 0 Å². The van der Waals surface area contributed by atoms with E-state index < -0.39 is 0 Å². The summed E-state index contributed by atoms with van der Waals surface area (Å²) in [5.74, 6) is -0.100. The van der Waals surface area contributed by atoms with Crippen molar-refractivity contribution in [1.29, 1.82) is 0 Å². The molecule has 0 aliphatic rings. The summed E-state index contributed by atoms with van der Waals surface area (Å²) in [4.78, 5) is 23.0. The van der Waals surface area contributed by atoms with Crippen LogP contribution < -0.4 is 10.2 Å². The predicted molar refractivity (Wildman–Crippen MR) is 104 cm³/mol. The fourth-order valence-electron chi connectivity index (χ4n) is 2.71. The van der Waals surface area contributed by atoms with Crippen molar-refractivity contribution >= 4 is 17.3 Å². The van der Waals surface area contributed by atoms with Gasteiger partial charge in [0.05, 0.1) is 11.9 Å². The van der Waals surface area contributed by atoms with E-state index in [-0.39, 0.29) is 5.91 Å². The SMILES string of the molecule is CCN(C(=O)c1ccc(NCc2cccnc2)cn1)c1cccc(C)c1. The van der Waals surface area contributed by atoms with Gasteiger partial charge in [-0.3, -0.25) is 9.78 Å². The molecule has 0 atom stereocenters. The van der Waals surface area contributed by atoms with E-state index in [0.717, 1.165) is 22.5 Å². The molecular formula is C21H22N4O. The first-order chi connectivity index (χ1) is 12.7. The monoisotopic (exact) mass is 346 g/mol. The number of hydrogen-bond acceptors (Lipinski definition) is 4. The average molecular weight is 346 g/mol. The lowest BCUT2D eigenvalue weighted by Crippen LogP contribution is -2.31. The quantitative estimate of drug-likeness (QED) is 0.731. The second-order valence-electron chi connectivity index (χ2n) is 6.04. The fourth-order valence-corrected chi connectivity index (χ4v) is 2.71. The van der Waals surface area contributed by atoms with Crippen molar-refractivity contribution in [1.82, 2.24) is 9.97 Å². The molecule has 0 spiro atoms. The molecular weight excluding hydrogens is 324 g/mol. The molecule has 5 heteroatoms. The Morgan fingerprint density at radius 2 is 2.00 bits per heavy atom. The molecule has 0 aliphatic heterocycles. The van der Waals surface area contributed by atoms with Crippen molar-refractivity contribution in [2.45, 2.75) is 20.4 Å². The number of carbonyl (C=O) groups is 1. The van der Waals surface area contributed by atoms with Crippen LogP contribution in [-0.4, -0.2) is 22.4 Å². The largest absolute Gasteiger partial charge is 0.380 e. The molecule has 0 aliphatic carbocycles. The molecule has 1 amide bonds. The zero-order valence-corrected chi connectivity index (χ0v) is 15.0. The lowest BCUT2D eigenvalue weighted by atomic mass is 10.2. The number of benzene rings is 1. The van der Waals surface area contributed by atoms with Crippen LogP contribution in [0.2, 0.25) is 0 Å². The van der Waals surface area contributed by atoms with Crippen LogP contribution in [0.4, 0.5) is 11.4 Å². The molecule has 1 aromatic carbocycles. The molecule has 2 heterocycles. The van der Waals surface area contributed by atoms with Gasteiger partial charge in [0, 0.05) is 31.2 Å². The van der Waals surface area contributed by atoms with E-state index in [1.54, 1.807) is 23.4 Å². The average Bonchev–Trinajstić information content (AvgIpc) is 2.68. The Labute approximate surface area is 153 Å². The molecule has 1 N–H and O–H groups in total. The molecule has 0 fully saturated rings. The lowest BCUT2D eigenvalue weighted by molar-refractivity contribution is 0.0983. The second-order valence-corrected chi connectivity index (χ2v) is 6.04. The fraction of sp³-hybridized carbons (Fsp3) is 0.190. The molecule has 3 aromatic rings. The van der Waals surface area contributed by atoms with Crippen molar-refractivity contribution in [2.24, 2.45) is 0 Å². The van der Waals surface area contributed by atoms with Crippen molar-refractivity contribution < 1.29 is 4.79 Å². The minimum atomic E-state index is -0.100. The Balaban J connectivity index is 1.69. The number of nitrogens with one attached hydrogen (secondary N) is 1. The van der Waals surface area contributed by atoms with Crippen molar-refractivity contribution in [2.75, 3.05) is 16.8 Å². The van der Waals surface area contributed by atoms with E-state index in [1.807, 2.05) is 62.5 Å². The van der Waals surface area contributed by atoms with Gasteiger partial charge in [-0.15, -0.1) is 0 Å². The van der Waals surface area contributed by atoms with Gasteiger partial charge in [0.25, 0.3) is 5.91 Å². The molecule has 0 saturated heterocycles. The van der Waals surface area contributed by atoms with Gasteiger partial charge >= 0.3 is 0 Å². The van der Waals surface area contributed by atoms with Gasteiger partial charge in [-0.1, -0.05) is 18.2 Å². The van der Waals surface area contributed by atoms with E-state index in [4.69, 9.17) is 0 Å². The molecule has 0 bridgehead atoms. The highest BCUT2D eigenvalue weighted by atomic mass is 16.2. The smallest absolute Gasteiger partial charge is 0.276 e. The molecule has 2 aromatic heterocycles. The molecule has 3 rings (SSSR count). The summed E-state index contributed by atoms with van der Waals surface area (Å²) in [6.07, 6.45) is 5.26. The first kappa shape index (κ1) is 17.6. The summed E-state index contributed by atoms with van der Waals surface area (Å²) in [6.45, 7) is 5.23. The number of nitrogens with zero attached hydrogens (tertiary/aromatic N) is 3. The third kappa shape index (κ3) is 4.25. The highest BCUT2D eigenvalue weighted by molar-refractivity contribution is 6.04. The van der Waals surface area contributed by atoms with Crippen LogP contribution in [0.1, 0.15) is 28.5 Å². The summed E-state index contributed by atoms with van der Waals surface area (Å²) < 4.78 is 0. The first-order valence-corrected chi connectivity index (χ1v) is 8.64. The van der Waals surface area contributed by atoms with Crippen LogP contribution in [0.15, 0.2) is 67.1 Å². The Bertz CT molecular complexity index is 863. The summed E-state index contributed by atoms with van der Waals surface area (Å²) in [5.41, 5.74) is 4.39. The summed E-state index contributed by atoms with van der Waals surface area (Å²) in [5, 5.41) is 3.28. The second kappa shape index (κ2) is 8.25. The number of rotatable bonds is 6. The lowest BCUT2D eigenvalue weighted by Gasteiger charge is -2.21. The van der Waals surface area contributed by atoms with Gasteiger partial charge in [0.15, 0.2) is 0 Å². The number of aromatic nitrogens is 2. The van der Waals surface area contributed by atoms with Crippen LogP contribution in [0.3, 0.4) is 0 Å². The number of amides is 1. The molecule has 5 nitrogen and oxygen atoms in total. The Morgan fingerprint density at radius 3 is 2.65 bits per heavy atom. The van der Waals surface area contributed by atoms with Crippen molar-refractivity contribution in [3.8, 4) is 0 Å². The van der Waals surface area contributed by atoms with E-state index in [9.17, 15) is 4.79 Å². The van der Waals surface area contributed by atoms with Crippen molar-refractivity contribution in [3.63, 3.8) is 0 Å². The number of carbonyl (C=O) groups excluding carboxylic acids is 1. The number of aryl methyl sites for hydroxylation is 1. The first-order valence-electron chi connectivity index (χ1n) is 8.64. The topological polar surface area (TPSA) is 58.1 Å². The van der Waals surface area contributed by atoms with Gasteiger partial charge in [-0.25, -0.2) is 4.98 Å². The Hall–Kier alpha value is -3.21. The van der Waals surface area contributed by atoms with Gasteiger partial charge in [-0.05, 0) is 55.3 Å². The molecule has 0 radical (unpaired) electrons. The van der Waals surface area contributed by atoms with Crippen LogP contribution in [0, 0.1) is 6.92 Å². The maximum absolute atomic E-state index is 12.8. The standard InChI is InChI=1S/C21H22N4O/c1-3-25(19-8-4-6-16(2)12-19)21(26)20-10-9-18(15-24-20)23-14-17-7-5-11-22-13-17/h4-13,15,23H,3,14H2,1-2H3. The third-order valence-electron chi connectivity index (χ3n) is 4.08. The van der Waals surface area contributed by atoms with Crippen LogP contribution in [0.5, 0.6) is 0 Å². The number of anilines is 2. The molecule has 0 saturated carbocycles. The van der Waals surface area contributed by atoms with Gasteiger partial charge in [0.1, 0.15) is 5.69 Å². The van der Waals surface area contributed by atoms with Gasteiger partial charge in [0.2, 0.25) is 0 Å².